The molecule has 2 aromatic rings. The van der Waals surface area contributed by atoms with Crippen LogP contribution in [0.15, 0.2) is 17.2 Å². The maximum Gasteiger partial charge on any atom is 0.138 e. The predicted octanol–water partition coefficient (Wildman–Crippen LogP) is 1.06. The zero-order valence-electron chi connectivity index (χ0n) is 10.3. The van der Waals surface area contributed by atoms with E-state index in [9.17, 15) is 0 Å². The first-order chi connectivity index (χ1) is 8.16. The maximum atomic E-state index is 5.12. The van der Waals surface area contributed by atoms with Gasteiger partial charge in [0.05, 0.1) is 12.2 Å². The molecule has 0 radical (unpaired) electrons. The summed E-state index contributed by atoms with van der Waals surface area (Å²) in [6.07, 6.45) is 3.26. The van der Waals surface area contributed by atoms with Gasteiger partial charge in [-0.15, -0.1) is 0 Å². The van der Waals surface area contributed by atoms with Gasteiger partial charge in [-0.25, -0.2) is 4.98 Å². The summed E-state index contributed by atoms with van der Waals surface area (Å²) in [5.41, 5.74) is 2.08. The van der Waals surface area contributed by atoms with Gasteiger partial charge in [-0.3, -0.25) is 4.68 Å². The molecule has 0 aliphatic rings. The summed E-state index contributed by atoms with van der Waals surface area (Å²) in [7, 11) is 0. The van der Waals surface area contributed by atoms with Crippen molar-refractivity contribution < 1.29 is 4.52 Å². The zero-order valence-corrected chi connectivity index (χ0v) is 10.3. The molecule has 0 fully saturated rings. The van der Waals surface area contributed by atoms with E-state index in [1.807, 2.05) is 18.5 Å². The van der Waals surface area contributed by atoms with Crippen LogP contribution in [0.5, 0.6) is 0 Å². The summed E-state index contributed by atoms with van der Waals surface area (Å²) < 4.78 is 6.93. The Morgan fingerprint density at radius 2 is 2.29 bits per heavy atom. The molecule has 6 heteroatoms. The van der Waals surface area contributed by atoms with Crippen molar-refractivity contribution in [1.82, 2.24) is 25.2 Å². The molecular weight excluding hydrogens is 218 g/mol. The minimum absolute atomic E-state index is 0.311. The van der Waals surface area contributed by atoms with Crippen molar-refractivity contribution in [3.8, 4) is 0 Å². The molecule has 6 nitrogen and oxygen atoms in total. The van der Waals surface area contributed by atoms with Gasteiger partial charge in [0.15, 0.2) is 0 Å². The molecule has 92 valence electrons. The lowest BCUT2D eigenvalue weighted by Crippen LogP contribution is -2.30. The molecule has 0 bridgehead atoms. The van der Waals surface area contributed by atoms with Crippen LogP contribution >= 0.6 is 0 Å². The lowest BCUT2D eigenvalue weighted by Gasteiger charge is -2.13. The van der Waals surface area contributed by atoms with Crippen molar-refractivity contribution >= 4 is 0 Å². The van der Waals surface area contributed by atoms with Gasteiger partial charge in [0.2, 0.25) is 0 Å². The van der Waals surface area contributed by atoms with E-state index >= 15 is 0 Å². The topological polar surface area (TPSA) is 68.8 Å². The van der Waals surface area contributed by atoms with E-state index in [4.69, 9.17) is 4.52 Å². The number of hydrogen-bond acceptors (Lipinski definition) is 5. The maximum absolute atomic E-state index is 5.12. The van der Waals surface area contributed by atoms with E-state index in [2.05, 4.69) is 27.5 Å². The summed E-state index contributed by atoms with van der Waals surface area (Å²) in [6.45, 7) is 7.55. The van der Waals surface area contributed by atoms with Gasteiger partial charge in [0.25, 0.3) is 0 Å². The highest BCUT2D eigenvalue weighted by Crippen LogP contribution is 2.11. The zero-order chi connectivity index (χ0) is 12.3. The van der Waals surface area contributed by atoms with E-state index in [-0.39, 0.29) is 0 Å². The third kappa shape index (κ3) is 2.91. The van der Waals surface area contributed by atoms with Crippen LogP contribution in [0.25, 0.3) is 0 Å². The Morgan fingerprint density at radius 3 is 2.88 bits per heavy atom. The van der Waals surface area contributed by atoms with Crippen molar-refractivity contribution in [2.24, 2.45) is 0 Å². The standard InChI is InChI=1S/C11H17N5O/c1-8(5-16-7-12-6-14-16)13-4-11-9(2)15-17-10(11)3/h6-8,13H,4-5H2,1-3H3/t8-/m1/s1. The lowest BCUT2D eigenvalue weighted by molar-refractivity contribution is 0.390. The molecule has 1 N–H and O–H groups in total. The fraction of sp³-hybridized carbons (Fsp3) is 0.545. The second-order valence-corrected chi connectivity index (χ2v) is 4.20. The molecule has 0 amide bonds. The average molecular weight is 235 g/mol. The number of aryl methyl sites for hydroxylation is 2. The van der Waals surface area contributed by atoms with Crippen LogP contribution in [-0.2, 0) is 13.1 Å². The summed E-state index contributed by atoms with van der Waals surface area (Å²) >= 11 is 0. The smallest absolute Gasteiger partial charge is 0.138 e. The van der Waals surface area contributed by atoms with Crippen LogP contribution in [0.2, 0.25) is 0 Å². The van der Waals surface area contributed by atoms with Gasteiger partial charge in [0.1, 0.15) is 18.4 Å². The molecule has 0 saturated heterocycles. The first-order valence-electron chi connectivity index (χ1n) is 5.64. The fourth-order valence-corrected chi connectivity index (χ4v) is 1.70. The van der Waals surface area contributed by atoms with Crippen LogP contribution < -0.4 is 5.32 Å². The molecule has 17 heavy (non-hydrogen) atoms. The van der Waals surface area contributed by atoms with E-state index < -0.39 is 0 Å². The second kappa shape index (κ2) is 5.09. The quantitative estimate of drug-likeness (QED) is 0.839. The average Bonchev–Trinajstić information content (AvgIpc) is 2.88. The Kier molecular flexibility index (Phi) is 3.53. The van der Waals surface area contributed by atoms with Crippen molar-refractivity contribution in [2.75, 3.05) is 0 Å². The normalized spacial score (nSPS) is 12.9. The number of hydrogen-bond donors (Lipinski definition) is 1. The van der Waals surface area contributed by atoms with Gasteiger partial charge in [-0.05, 0) is 20.8 Å². The van der Waals surface area contributed by atoms with Gasteiger partial charge in [0, 0.05) is 18.2 Å². The highest BCUT2D eigenvalue weighted by atomic mass is 16.5. The number of aromatic nitrogens is 4. The monoisotopic (exact) mass is 235 g/mol. The van der Waals surface area contributed by atoms with Gasteiger partial charge in [-0.2, -0.15) is 5.10 Å². The van der Waals surface area contributed by atoms with E-state index in [1.54, 1.807) is 12.7 Å². The first-order valence-corrected chi connectivity index (χ1v) is 5.64. The van der Waals surface area contributed by atoms with Crippen LogP contribution in [-0.4, -0.2) is 26.0 Å². The molecule has 0 spiro atoms. The van der Waals surface area contributed by atoms with E-state index in [1.165, 1.54) is 0 Å². The number of rotatable bonds is 5. The Bertz CT molecular complexity index is 443. The van der Waals surface area contributed by atoms with E-state index in [0.717, 1.165) is 30.1 Å². The summed E-state index contributed by atoms with van der Waals surface area (Å²) in [4.78, 5) is 3.91. The van der Waals surface area contributed by atoms with Crippen LogP contribution in [0, 0.1) is 13.8 Å². The molecular formula is C11H17N5O. The second-order valence-electron chi connectivity index (χ2n) is 4.20. The van der Waals surface area contributed by atoms with Gasteiger partial charge in [-0.1, -0.05) is 5.16 Å². The molecule has 2 aromatic heterocycles. The van der Waals surface area contributed by atoms with Crippen molar-refractivity contribution in [3.63, 3.8) is 0 Å². The summed E-state index contributed by atoms with van der Waals surface area (Å²) in [5.74, 6) is 0.878. The van der Waals surface area contributed by atoms with Gasteiger partial charge >= 0.3 is 0 Å². The predicted molar refractivity (Wildman–Crippen MR) is 62.3 cm³/mol. The SMILES string of the molecule is Cc1noc(C)c1CN[C@H](C)Cn1cncn1. The molecule has 0 aromatic carbocycles. The fourth-order valence-electron chi connectivity index (χ4n) is 1.70. The van der Waals surface area contributed by atoms with Crippen LogP contribution in [0.3, 0.4) is 0 Å². The largest absolute Gasteiger partial charge is 0.361 e. The Labute approximate surface area is 100 Å². The molecule has 0 unspecified atom stereocenters. The molecule has 2 heterocycles. The Balaban J connectivity index is 1.86. The molecule has 2 rings (SSSR count). The minimum Gasteiger partial charge on any atom is -0.361 e. The van der Waals surface area contributed by atoms with Crippen LogP contribution in [0.4, 0.5) is 0 Å². The highest BCUT2D eigenvalue weighted by molar-refractivity contribution is 5.20. The van der Waals surface area contributed by atoms with Crippen molar-refractivity contribution in [1.29, 1.82) is 0 Å². The number of nitrogens with one attached hydrogen (secondary N) is 1. The lowest BCUT2D eigenvalue weighted by atomic mass is 10.2. The van der Waals surface area contributed by atoms with E-state index in [0.29, 0.717) is 6.04 Å². The molecule has 0 aliphatic carbocycles. The van der Waals surface area contributed by atoms with Crippen LogP contribution in [0.1, 0.15) is 23.9 Å². The van der Waals surface area contributed by atoms with Gasteiger partial charge < -0.3 is 9.84 Å². The highest BCUT2D eigenvalue weighted by Gasteiger charge is 2.10. The summed E-state index contributed by atoms with van der Waals surface area (Å²) in [5, 5.41) is 11.4. The third-order valence-electron chi connectivity index (χ3n) is 2.74. The molecule has 1 atom stereocenters. The first kappa shape index (κ1) is 11.8. The minimum atomic E-state index is 0.311. The Hall–Kier alpha value is -1.69. The van der Waals surface area contributed by atoms with Crippen molar-refractivity contribution in [3.05, 3.63) is 29.7 Å². The number of nitrogens with zero attached hydrogens (tertiary/aromatic N) is 4. The third-order valence-corrected chi connectivity index (χ3v) is 2.74. The Morgan fingerprint density at radius 1 is 1.47 bits per heavy atom. The molecule has 0 aliphatic heterocycles. The van der Waals surface area contributed by atoms with Crippen molar-refractivity contribution in [2.45, 2.75) is 39.9 Å². The molecule has 0 saturated carbocycles. The summed E-state index contributed by atoms with van der Waals surface area (Å²) in [6, 6.07) is 0.311.